The van der Waals surface area contributed by atoms with E-state index in [-0.39, 0.29) is 24.3 Å². The highest BCUT2D eigenvalue weighted by Gasteiger charge is 2.34. The van der Waals surface area contributed by atoms with Crippen LogP contribution in [0, 0.1) is 5.92 Å². The molecule has 0 aliphatic rings. The summed E-state index contributed by atoms with van der Waals surface area (Å²) >= 11 is 0. The summed E-state index contributed by atoms with van der Waals surface area (Å²) in [6.45, 7) is 3.59. The predicted molar refractivity (Wildman–Crippen MR) is 88.3 cm³/mol. The lowest BCUT2D eigenvalue weighted by atomic mass is 10.0. The molecule has 0 heterocycles. The van der Waals surface area contributed by atoms with E-state index in [1.165, 1.54) is 12.1 Å². The van der Waals surface area contributed by atoms with Gasteiger partial charge in [0.05, 0.1) is 11.3 Å². The number of anilines is 2. The Bertz CT molecular complexity index is 560. The molecule has 0 bridgehead atoms. The SMILES string of the molecule is CC(C)[C@H](CCO)NC(=O)Nc1ccc(N(C)C)cc1C(F)(F)F. The fourth-order valence-electron chi connectivity index (χ4n) is 2.19. The summed E-state index contributed by atoms with van der Waals surface area (Å²) in [7, 11) is 3.27. The molecule has 1 aromatic rings. The summed E-state index contributed by atoms with van der Waals surface area (Å²) in [4.78, 5) is 13.6. The highest BCUT2D eigenvalue weighted by atomic mass is 19.4. The molecule has 136 valence electrons. The van der Waals surface area contributed by atoms with E-state index < -0.39 is 17.8 Å². The maximum absolute atomic E-state index is 13.2. The highest BCUT2D eigenvalue weighted by molar-refractivity contribution is 5.90. The molecule has 0 radical (unpaired) electrons. The fraction of sp³-hybridized carbons (Fsp3) is 0.562. The summed E-state index contributed by atoms with van der Waals surface area (Å²) in [6.07, 6.45) is -4.26. The number of amides is 2. The predicted octanol–water partition coefficient (Wildman–Crippen LogP) is 3.30. The summed E-state index contributed by atoms with van der Waals surface area (Å²) in [5.41, 5.74) is -0.835. The Morgan fingerprint density at radius 1 is 1.29 bits per heavy atom. The van der Waals surface area contributed by atoms with Crippen LogP contribution in [0.1, 0.15) is 25.8 Å². The van der Waals surface area contributed by atoms with E-state index in [1.807, 2.05) is 13.8 Å². The van der Waals surface area contributed by atoms with Crippen molar-refractivity contribution in [2.75, 3.05) is 30.9 Å². The van der Waals surface area contributed by atoms with Gasteiger partial charge in [0.2, 0.25) is 0 Å². The third-order valence-electron chi connectivity index (χ3n) is 3.63. The van der Waals surface area contributed by atoms with Crippen molar-refractivity contribution in [2.45, 2.75) is 32.5 Å². The zero-order valence-electron chi connectivity index (χ0n) is 14.2. The van der Waals surface area contributed by atoms with Crippen LogP contribution >= 0.6 is 0 Å². The van der Waals surface area contributed by atoms with Crippen LogP contribution in [0.5, 0.6) is 0 Å². The van der Waals surface area contributed by atoms with Crippen LogP contribution in [-0.2, 0) is 6.18 Å². The number of aliphatic hydroxyl groups excluding tert-OH is 1. The lowest BCUT2D eigenvalue weighted by molar-refractivity contribution is -0.136. The number of nitrogens with zero attached hydrogens (tertiary/aromatic N) is 1. The summed E-state index contributed by atoms with van der Waals surface area (Å²) < 4.78 is 39.7. The minimum absolute atomic E-state index is 0.0427. The fourth-order valence-corrected chi connectivity index (χ4v) is 2.19. The van der Waals surface area contributed by atoms with Crippen molar-refractivity contribution in [3.8, 4) is 0 Å². The first-order chi connectivity index (χ1) is 11.1. The van der Waals surface area contributed by atoms with E-state index >= 15 is 0 Å². The maximum atomic E-state index is 13.2. The van der Waals surface area contributed by atoms with Crippen molar-refractivity contribution in [2.24, 2.45) is 5.92 Å². The summed E-state index contributed by atoms with van der Waals surface area (Å²) in [5, 5.41) is 13.8. The van der Waals surface area contributed by atoms with Gasteiger partial charge in [0.15, 0.2) is 0 Å². The number of hydrogen-bond acceptors (Lipinski definition) is 3. The third kappa shape index (κ3) is 5.59. The van der Waals surface area contributed by atoms with Gasteiger partial charge in [0.1, 0.15) is 0 Å². The maximum Gasteiger partial charge on any atom is 0.418 e. The smallest absolute Gasteiger partial charge is 0.396 e. The van der Waals surface area contributed by atoms with E-state index in [1.54, 1.807) is 19.0 Å². The number of halogens is 3. The molecule has 1 rings (SSSR count). The van der Waals surface area contributed by atoms with Gasteiger partial charge < -0.3 is 20.6 Å². The first kappa shape index (κ1) is 20.1. The Labute approximate surface area is 139 Å². The monoisotopic (exact) mass is 347 g/mol. The Kier molecular flexibility index (Phi) is 6.89. The van der Waals surface area contributed by atoms with Gasteiger partial charge in [-0.15, -0.1) is 0 Å². The quantitative estimate of drug-likeness (QED) is 0.740. The average Bonchev–Trinajstić information content (AvgIpc) is 2.45. The molecule has 0 spiro atoms. The van der Waals surface area contributed by atoms with Crippen LogP contribution in [0.25, 0.3) is 0 Å². The standard InChI is InChI=1S/C16H24F3N3O2/c1-10(2)13(7-8-23)20-15(24)21-14-6-5-11(22(3)4)9-12(14)16(17,18)19/h5-6,9-10,13,23H,7-8H2,1-4H3,(H2,20,21,24)/t13-/m0/s1. The van der Waals surface area contributed by atoms with Crippen molar-refractivity contribution in [1.29, 1.82) is 0 Å². The number of hydrogen-bond donors (Lipinski definition) is 3. The van der Waals surface area contributed by atoms with E-state index in [0.717, 1.165) is 6.07 Å². The third-order valence-corrected chi connectivity index (χ3v) is 3.63. The van der Waals surface area contributed by atoms with Crippen LogP contribution in [-0.4, -0.2) is 37.9 Å². The van der Waals surface area contributed by atoms with Crippen molar-refractivity contribution >= 4 is 17.4 Å². The number of urea groups is 1. The molecule has 0 aliphatic heterocycles. The lowest BCUT2D eigenvalue weighted by Crippen LogP contribution is -2.41. The Balaban J connectivity index is 2.99. The van der Waals surface area contributed by atoms with Gasteiger partial charge in [-0.05, 0) is 30.5 Å². The van der Waals surface area contributed by atoms with Crippen LogP contribution in [0.15, 0.2) is 18.2 Å². The minimum atomic E-state index is -4.59. The largest absolute Gasteiger partial charge is 0.418 e. The van der Waals surface area contributed by atoms with Crippen molar-refractivity contribution in [3.05, 3.63) is 23.8 Å². The second-order valence-corrected chi connectivity index (χ2v) is 6.08. The molecule has 0 aromatic heterocycles. The molecule has 2 amide bonds. The van der Waals surface area contributed by atoms with Crippen molar-refractivity contribution in [1.82, 2.24) is 5.32 Å². The van der Waals surface area contributed by atoms with E-state index in [2.05, 4.69) is 10.6 Å². The van der Waals surface area contributed by atoms with Gasteiger partial charge in [-0.25, -0.2) is 4.79 Å². The summed E-state index contributed by atoms with van der Waals surface area (Å²) in [6, 6.07) is 2.66. The number of rotatable bonds is 6. The van der Waals surface area contributed by atoms with Gasteiger partial charge in [0.25, 0.3) is 0 Å². The Morgan fingerprint density at radius 3 is 2.38 bits per heavy atom. The molecule has 0 aliphatic carbocycles. The first-order valence-corrected chi connectivity index (χ1v) is 7.63. The molecule has 3 N–H and O–H groups in total. The first-order valence-electron chi connectivity index (χ1n) is 7.63. The van der Waals surface area contributed by atoms with Gasteiger partial charge in [-0.1, -0.05) is 13.8 Å². The van der Waals surface area contributed by atoms with Gasteiger partial charge in [-0.3, -0.25) is 0 Å². The van der Waals surface area contributed by atoms with Crippen LogP contribution in [0.2, 0.25) is 0 Å². The van der Waals surface area contributed by atoms with Crippen LogP contribution < -0.4 is 15.5 Å². The molecule has 0 saturated heterocycles. The molecule has 0 unspecified atom stereocenters. The van der Waals surface area contributed by atoms with E-state index in [0.29, 0.717) is 12.1 Å². The van der Waals surface area contributed by atoms with Crippen LogP contribution in [0.4, 0.5) is 29.3 Å². The van der Waals surface area contributed by atoms with Gasteiger partial charge in [0, 0.05) is 32.4 Å². The van der Waals surface area contributed by atoms with Crippen LogP contribution in [0.3, 0.4) is 0 Å². The highest BCUT2D eigenvalue weighted by Crippen LogP contribution is 2.37. The Hall–Kier alpha value is -1.96. The molecule has 24 heavy (non-hydrogen) atoms. The number of benzene rings is 1. The topological polar surface area (TPSA) is 64.6 Å². The molecule has 8 heteroatoms. The molecule has 0 saturated carbocycles. The summed E-state index contributed by atoms with van der Waals surface area (Å²) in [5.74, 6) is 0.0427. The van der Waals surface area contributed by atoms with E-state index in [4.69, 9.17) is 5.11 Å². The number of carbonyl (C=O) groups excluding carboxylic acids is 1. The number of aliphatic hydroxyl groups is 1. The molecule has 1 atom stereocenters. The number of nitrogens with one attached hydrogen (secondary N) is 2. The zero-order chi connectivity index (χ0) is 18.5. The molecule has 1 aromatic carbocycles. The van der Waals surface area contributed by atoms with Gasteiger partial charge in [-0.2, -0.15) is 13.2 Å². The molecular weight excluding hydrogens is 323 g/mol. The minimum Gasteiger partial charge on any atom is -0.396 e. The second kappa shape index (κ2) is 8.23. The molecule has 0 fully saturated rings. The Morgan fingerprint density at radius 2 is 1.92 bits per heavy atom. The lowest BCUT2D eigenvalue weighted by Gasteiger charge is -2.23. The number of carbonyl (C=O) groups is 1. The number of alkyl halides is 3. The molecular formula is C16H24F3N3O2. The van der Waals surface area contributed by atoms with Crippen molar-refractivity contribution in [3.63, 3.8) is 0 Å². The normalized spacial score (nSPS) is 12.9. The molecule has 5 nitrogen and oxygen atoms in total. The van der Waals surface area contributed by atoms with Crippen molar-refractivity contribution < 1.29 is 23.1 Å². The van der Waals surface area contributed by atoms with Gasteiger partial charge >= 0.3 is 12.2 Å². The van der Waals surface area contributed by atoms with E-state index in [9.17, 15) is 18.0 Å². The zero-order valence-corrected chi connectivity index (χ0v) is 14.2. The second-order valence-electron chi connectivity index (χ2n) is 6.08. The average molecular weight is 347 g/mol.